The van der Waals surface area contributed by atoms with E-state index in [4.69, 9.17) is 74.0 Å². The van der Waals surface area contributed by atoms with Gasteiger partial charge >= 0.3 is 5.97 Å². The van der Waals surface area contributed by atoms with Crippen LogP contribution in [0.25, 0.3) is 33.4 Å². The van der Waals surface area contributed by atoms with Crippen molar-refractivity contribution in [2.24, 2.45) is 0 Å². The van der Waals surface area contributed by atoms with Crippen LogP contribution in [0.5, 0.6) is 5.75 Å². The molecule has 7 nitrogen and oxygen atoms in total. The van der Waals surface area contributed by atoms with Crippen molar-refractivity contribution in [3.63, 3.8) is 0 Å². The Balaban J connectivity index is 2.04. The van der Waals surface area contributed by atoms with Gasteiger partial charge in [0, 0.05) is 60.4 Å². The molecule has 0 saturated carbocycles. The third-order valence-corrected chi connectivity index (χ3v) is 9.37. The number of carboxylic acids is 1. The molecule has 2 aromatic rings. The second kappa shape index (κ2) is 11.8. The topological polar surface area (TPSA) is 103 Å². The Bertz CT molecular complexity index is 1780. The molecule has 2 aromatic carbocycles. The van der Waals surface area contributed by atoms with Gasteiger partial charge in [0.2, 0.25) is 5.43 Å². The Labute approximate surface area is 264 Å². The van der Waals surface area contributed by atoms with Crippen LogP contribution in [0.1, 0.15) is 21.5 Å². The number of aromatic hydroxyl groups is 1. The average molecular weight is 677 g/mol. The van der Waals surface area contributed by atoms with Gasteiger partial charge in [0.1, 0.15) is 17.1 Å². The van der Waals surface area contributed by atoms with Gasteiger partial charge in [0.05, 0.1) is 41.3 Å². The summed E-state index contributed by atoms with van der Waals surface area (Å²) in [5.41, 5.74) is 0.0866. The van der Waals surface area contributed by atoms with Crippen molar-refractivity contribution >= 4 is 86.5 Å². The minimum Gasteiger partial charge on any atom is -0.506 e. The maximum Gasteiger partial charge on any atom is 0.337 e. The highest BCUT2D eigenvalue weighted by Crippen LogP contribution is 2.53. The van der Waals surface area contributed by atoms with Crippen molar-refractivity contribution in [2.45, 2.75) is 13.0 Å². The van der Waals surface area contributed by atoms with Crippen LogP contribution in [-0.4, -0.2) is 47.3 Å². The van der Waals surface area contributed by atoms with Gasteiger partial charge in [-0.05, 0) is 18.6 Å². The molecule has 2 aliphatic heterocycles. The maximum absolute atomic E-state index is 13.2. The van der Waals surface area contributed by atoms with Crippen LogP contribution in [0.4, 0.5) is 0 Å². The molecule has 1 saturated heterocycles. The number of hydrogen-bond donors (Lipinski definition) is 3. The molecular weight excluding hydrogens is 657 g/mol. The molecular formula is C28H20Cl6N2O5. The van der Waals surface area contributed by atoms with Gasteiger partial charge < -0.3 is 19.9 Å². The first-order valence-corrected chi connectivity index (χ1v) is 14.5. The highest BCUT2D eigenvalue weighted by molar-refractivity contribution is 6.54. The van der Waals surface area contributed by atoms with E-state index >= 15 is 0 Å². The molecule has 0 bridgehead atoms. The Hall–Kier alpha value is -2.20. The van der Waals surface area contributed by atoms with E-state index in [0.29, 0.717) is 18.7 Å². The lowest BCUT2D eigenvalue weighted by molar-refractivity contribution is 0.0698. The number of carbonyl (C=O) groups is 1. The van der Waals surface area contributed by atoms with Gasteiger partial charge in [0.15, 0.2) is 0 Å². The summed E-state index contributed by atoms with van der Waals surface area (Å²) in [5, 5.41) is 23.8. The molecule has 13 heteroatoms. The number of nitrogens with one attached hydrogen (secondary N) is 1. The summed E-state index contributed by atoms with van der Waals surface area (Å²) in [5.74, 6) is -1.55. The molecule has 1 aliphatic carbocycles. The van der Waals surface area contributed by atoms with Crippen molar-refractivity contribution in [3.05, 3.63) is 81.8 Å². The number of aromatic carboxylic acids is 1. The second-order valence-corrected chi connectivity index (χ2v) is 11.7. The van der Waals surface area contributed by atoms with Crippen LogP contribution in [-0.2, 0) is 13.0 Å². The number of phenolic OH excluding ortho intramolecular Hbond substituents is 1. The molecule has 2 heterocycles. The zero-order valence-electron chi connectivity index (χ0n) is 21.0. The Kier molecular flexibility index (Phi) is 8.73. The van der Waals surface area contributed by atoms with E-state index in [0.717, 1.165) is 13.1 Å². The van der Waals surface area contributed by atoms with Gasteiger partial charge in [-0.15, -0.1) is 6.58 Å². The zero-order valence-corrected chi connectivity index (χ0v) is 25.6. The summed E-state index contributed by atoms with van der Waals surface area (Å²) in [7, 11) is 0. The molecule has 0 atom stereocenters. The van der Waals surface area contributed by atoms with Crippen LogP contribution in [0.15, 0.2) is 34.0 Å². The largest absolute Gasteiger partial charge is 0.506 e. The minimum absolute atomic E-state index is 0.0181. The fraction of sp³-hybridized carbons (Fsp3) is 0.214. The normalized spacial score (nSPS) is 14.2. The summed E-state index contributed by atoms with van der Waals surface area (Å²) in [4.78, 5) is 27.9. The zero-order chi connectivity index (χ0) is 29.7. The molecule has 1 fully saturated rings. The molecule has 0 aromatic heterocycles. The van der Waals surface area contributed by atoms with Crippen molar-refractivity contribution in [1.29, 1.82) is 0 Å². The van der Waals surface area contributed by atoms with Crippen LogP contribution in [0, 0.1) is 0 Å². The van der Waals surface area contributed by atoms with Crippen molar-refractivity contribution in [1.82, 2.24) is 10.2 Å². The quantitative estimate of drug-likeness (QED) is 0.0823. The smallest absolute Gasteiger partial charge is 0.337 e. The molecule has 0 amide bonds. The highest BCUT2D eigenvalue weighted by Gasteiger charge is 2.33. The van der Waals surface area contributed by atoms with E-state index < -0.39 is 17.0 Å². The lowest BCUT2D eigenvalue weighted by Gasteiger charge is -2.28. The molecule has 3 N–H and O–H groups in total. The number of hydrogen-bond acceptors (Lipinski definition) is 6. The summed E-state index contributed by atoms with van der Waals surface area (Å²) >= 11 is 38.8. The molecule has 0 unspecified atom stereocenters. The third kappa shape index (κ3) is 5.17. The lowest BCUT2D eigenvalue weighted by Crippen LogP contribution is -2.42. The number of rotatable bonds is 6. The SMILES string of the molecule is C=CCc1c2oc3c(CN4CCNCC4)c(O)c(Cl)cc3c(-c3c(Cl)c(Cl)c(Cl)c(Cl)c3C(=O)O)c-2cc(Cl)c1=O. The Morgan fingerprint density at radius 2 is 1.63 bits per heavy atom. The van der Waals surface area contributed by atoms with Gasteiger partial charge in [-0.3, -0.25) is 9.69 Å². The number of phenols is 1. The summed E-state index contributed by atoms with van der Waals surface area (Å²) < 4.78 is 6.41. The highest BCUT2D eigenvalue weighted by atomic mass is 35.5. The van der Waals surface area contributed by atoms with Crippen LogP contribution in [0.3, 0.4) is 0 Å². The van der Waals surface area contributed by atoms with Crippen LogP contribution in [0.2, 0.25) is 30.1 Å². The number of carboxylic acid groups (broad SMARTS) is 1. The first kappa shape index (κ1) is 30.3. The Morgan fingerprint density at radius 3 is 2.27 bits per heavy atom. The predicted octanol–water partition coefficient (Wildman–Crippen LogP) is 8.02. The monoisotopic (exact) mass is 674 g/mol. The van der Waals surface area contributed by atoms with E-state index in [-0.39, 0.29) is 87.8 Å². The number of nitrogens with zero attached hydrogens (tertiary/aromatic N) is 1. The van der Waals surface area contributed by atoms with E-state index in [1.165, 1.54) is 18.2 Å². The Morgan fingerprint density at radius 1 is 0.976 bits per heavy atom. The molecule has 3 aliphatic rings. The first-order chi connectivity index (χ1) is 19.5. The van der Waals surface area contributed by atoms with Crippen LogP contribution < -0.4 is 10.7 Å². The number of allylic oxidation sites excluding steroid dienone is 1. The predicted molar refractivity (Wildman–Crippen MR) is 165 cm³/mol. The number of piperazine rings is 1. The number of halogens is 6. The van der Waals surface area contributed by atoms with Crippen molar-refractivity contribution in [3.8, 4) is 28.2 Å². The standard InChI is InChI=1S/C28H20Cl6N2O5/c1-2-3-11-24(37)15(29)8-12-17(18-19(28(39)40)21(32)23(34)22(33)20(18)31)13-9-16(30)25(38)14(27(13)41-26(11)12)10-36-6-4-35-5-7-36/h2,8-9,35,38H,1,3-7,10H2,(H,39,40). The van der Waals surface area contributed by atoms with Crippen molar-refractivity contribution < 1.29 is 19.4 Å². The summed E-state index contributed by atoms with van der Waals surface area (Å²) in [6.45, 7) is 6.84. The second-order valence-electron chi connectivity index (χ2n) is 9.41. The fourth-order valence-corrected chi connectivity index (χ4v) is 6.57. The molecule has 5 rings (SSSR count). The fourth-order valence-electron chi connectivity index (χ4n) is 5.10. The van der Waals surface area contributed by atoms with Gasteiger partial charge in [-0.25, -0.2) is 4.79 Å². The number of benzene rings is 3. The van der Waals surface area contributed by atoms with E-state index in [2.05, 4.69) is 16.8 Å². The van der Waals surface area contributed by atoms with E-state index in [9.17, 15) is 19.8 Å². The van der Waals surface area contributed by atoms with E-state index in [1.807, 2.05) is 0 Å². The lowest BCUT2D eigenvalue weighted by atomic mass is 9.87. The minimum atomic E-state index is -1.43. The van der Waals surface area contributed by atoms with E-state index in [1.54, 1.807) is 0 Å². The number of fused-ring (bicyclic) bond motifs is 2. The first-order valence-electron chi connectivity index (χ1n) is 12.2. The third-order valence-electron chi connectivity index (χ3n) is 7.00. The molecule has 0 radical (unpaired) electrons. The maximum atomic E-state index is 13.2. The molecule has 0 spiro atoms. The average Bonchev–Trinajstić information content (AvgIpc) is 2.94. The van der Waals surface area contributed by atoms with Gasteiger partial charge in [0.25, 0.3) is 0 Å². The summed E-state index contributed by atoms with van der Waals surface area (Å²) in [6, 6.07) is 2.79. The van der Waals surface area contributed by atoms with Crippen LogP contribution >= 0.6 is 69.6 Å². The van der Waals surface area contributed by atoms with Gasteiger partial charge in [-0.1, -0.05) is 75.7 Å². The molecule has 41 heavy (non-hydrogen) atoms. The molecule has 214 valence electrons. The van der Waals surface area contributed by atoms with Gasteiger partial charge in [-0.2, -0.15) is 0 Å². The summed E-state index contributed by atoms with van der Waals surface area (Å²) in [6.07, 6.45) is 1.59. The van der Waals surface area contributed by atoms with Crippen molar-refractivity contribution in [2.75, 3.05) is 26.2 Å².